The smallest absolute Gasteiger partial charge is 0.316 e. The number of rotatable bonds is 3. The zero-order valence-electron chi connectivity index (χ0n) is 9.86. The predicted molar refractivity (Wildman–Crippen MR) is 70.9 cm³/mol. The van der Waals surface area contributed by atoms with Gasteiger partial charge in [-0.05, 0) is 36.2 Å². The molecule has 0 aromatic carbocycles. The summed E-state index contributed by atoms with van der Waals surface area (Å²) in [6.07, 6.45) is 2.10. The lowest BCUT2D eigenvalue weighted by Crippen LogP contribution is -2.29. The minimum Gasteiger partial charge on any atom is -0.365 e. The van der Waals surface area contributed by atoms with E-state index in [-0.39, 0.29) is 5.92 Å². The van der Waals surface area contributed by atoms with E-state index >= 15 is 0 Å². The number of anilines is 1. The molecule has 1 aromatic heterocycles. The van der Waals surface area contributed by atoms with Gasteiger partial charge in [-0.3, -0.25) is 4.79 Å². The Labute approximate surface area is 109 Å². The van der Waals surface area contributed by atoms with E-state index in [0.717, 1.165) is 31.5 Å². The van der Waals surface area contributed by atoms with E-state index in [9.17, 15) is 9.59 Å². The number of piperidine rings is 1. The molecule has 1 aliphatic rings. The molecule has 7 heteroatoms. The molecule has 0 radical (unpaired) electrons. The molecular weight excluding hydrogens is 252 g/mol. The summed E-state index contributed by atoms with van der Waals surface area (Å²) >= 11 is 1.25. The summed E-state index contributed by atoms with van der Waals surface area (Å²) in [5.74, 6) is -0.260. The zero-order valence-corrected chi connectivity index (χ0v) is 10.7. The first-order valence-corrected chi connectivity index (χ1v) is 6.66. The van der Waals surface area contributed by atoms with Gasteiger partial charge < -0.3 is 22.1 Å². The van der Waals surface area contributed by atoms with E-state index in [0.29, 0.717) is 10.6 Å². The highest BCUT2D eigenvalue weighted by Gasteiger charge is 2.24. The maximum absolute atomic E-state index is 11.3. The van der Waals surface area contributed by atoms with E-state index in [2.05, 4.69) is 10.6 Å². The first-order chi connectivity index (χ1) is 8.59. The van der Waals surface area contributed by atoms with Gasteiger partial charge >= 0.3 is 6.03 Å². The molecule has 1 aliphatic heterocycles. The van der Waals surface area contributed by atoms with Crippen LogP contribution in [0.4, 0.5) is 10.5 Å². The molecular formula is C11H16N4O2S. The zero-order chi connectivity index (χ0) is 13.1. The first kappa shape index (κ1) is 12.8. The Morgan fingerprint density at radius 2 is 2.22 bits per heavy atom. The van der Waals surface area contributed by atoms with E-state index < -0.39 is 11.9 Å². The molecule has 1 unspecified atom stereocenters. The van der Waals surface area contributed by atoms with Crippen molar-refractivity contribution < 1.29 is 9.59 Å². The molecule has 3 amide bonds. The monoisotopic (exact) mass is 268 g/mol. The number of primary amides is 2. The van der Waals surface area contributed by atoms with Gasteiger partial charge in [0.05, 0.1) is 5.69 Å². The van der Waals surface area contributed by atoms with Crippen molar-refractivity contribution in [2.75, 3.05) is 18.4 Å². The minimum absolute atomic E-state index is 0.282. The van der Waals surface area contributed by atoms with Crippen LogP contribution in [-0.4, -0.2) is 25.0 Å². The molecule has 2 heterocycles. The standard InChI is InChI=1S/C11H16N4O2S/c12-10(16)9-8(15-11(13)17)7(5-18-9)6-2-1-3-14-4-6/h5-6,14H,1-4H2,(H2,12,16)(H3,13,15,17). The Morgan fingerprint density at radius 3 is 2.78 bits per heavy atom. The number of nitrogens with two attached hydrogens (primary N) is 2. The molecule has 6 N–H and O–H groups in total. The Bertz CT molecular complexity index is 466. The molecule has 1 aromatic rings. The molecule has 18 heavy (non-hydrogen) atoms. The van der Waals surface area contributed by atoms with E-state index in [1.807, 2.05) is 5.38 Å². The van der Waals surface area contributed by atoms with E-state index in [1.54, 1.807) is 0 Å². The maximum atomic E-state index is 11.3. The highest BCUT2D eigenvalue weighted by Crippen LogP contribution is 2.36. The molecule has 0 spiro atoms. The largest absolute Gasteiger partial charge is 0.365 e. The van der Waals surface area contributed by atoms with Crippen LogP contribution in [0.25, 0.3) is 0 Å². The van der Waals surface area contributed by atoms with Gasteiger partial charge in [-0.1, -0.05) is 0 Å². The van der Waals surface area contributed by atoms with Crippen LogP contribution in [0.15, 0.2) is 5.38 Å². The number of thiophene rings is 1. The van der Waals surface area contributed by atoms with Crippen molar-refractivity contribution >= 4 is 29.0 Å². The summed E-state index contributed by atoms with van der Waals surface area (Å²) in [6, 6.07) is -0.680. The fourth-order valence-corrected chi connectivity index (χ4v) is 3.18. The molecule has 0 bridgehead atoms. The Balaban J connectivity index is 2.33. The van der Waals surface area contributed by atoms with Crippen molar-refractivity contribution in [3.63, 3.8) is 0 Å². The van der Waals surface area contributed by atoms with E-state index in [1.165, 1.54) is 11.3 Å². The second kappa shape index (κ2) is 5.36. The van der Waals surface area contributed by atoms with Gasteiger partial charge in [0, 0.05) is 6.54 Å². The minimum atomic E-state index is -0.680. The normalized spacial score (nSPS) is 19.4. The van der Waals surface area contributed by atoms with E-state index in [4.69, 9.17) is 11.5 Å². The number of hydrogen-bond donors (Lipinski definition) is 4. The average molecular weight is 268 g/mol. The Morgan fingerprint density at radius 1 is 1.44 bits per heavy atom. The third kappa shape index (κ3) is 2.62. The topological polar surface area (TPSA) is 110 Å². The van der Waals surface area contributed by atoms with Crippen LogP contribution in [0.3, 0.4) is 0 Å². The van der Waals surface area contributed by atoms with Crippen LogP contribution in [0.2, 0.25) is 0 Å². The van der Waals surface area contributed by atoms with Gasteiger partial charge in [0.15, 0.2) is 0 Å². The summed E-state index contributed by atoms with van der Waals surface area (Å²) in [5, 5.41) is 7.70. The third-order valence-corrected chi connectivity index (χ3v) is 4.04. The number of urea groups is 1. The molecule has 0 aliphatic carbocycles. The summed E-state index contributed by atoms with van der Waals surface area (Å²) in [7, 11) is 0. The lowest BCUT2D eigenvalue weighted by molar-refractivity contribution is 0.100. The van der Waals surface area contributed by atoms with Gasteiger partial charge in [0.1, 0.15) is 4.88 Å². The van der Waals surface area contributed by atoms with Gasteiger partial charge in [-0.25, -0.2) is 4.79 Å². The Kier molecular flexibility index (Phi) is 3.83. The average Bonchev–Trinajstić information content (AvgIpc) is 2.73. The summed E-state index contributed by atoms with van der Waals surface area (Å²) in [4.78, 5) is 22.7. The molecule has 6 nitrogen and oxygen atoms in total. The maximum Gasteiger partial charge on any atom is 0.316 e. The lowest BCUT2D eigenvalue weighted by atomic mass is 9.92. The third-order valence-electron chi connectivity index (χ3n) is 3.03. The van der Waals surface area contributed by atoms with Crippen molar-refractivity contribution in [1.82, 2.24) is 5.32 Å². The number of hydrogen-bond acceptors (Lipinski definition) is 4. The predicted octanol–water partition coefficient (Wildman–Crippen LogP) is 0.805. The van der Waals surface area contributed by atoms with Crippen LogP contribution in [-0.2, 0) is 0 Å². The van der Waals surface area contributed by atoms with Crippen LogP contribution in [0.1, 0.15) is 34.0 Å². The second-order valence-corrected chi connectivity index (χ2v) is 5.17. The second-order valence-electron chi connectivity index (χ2n) is 4.29. The highest BCUT2D eigenvalue weighted by molar-refractivity contribution is 7.13. The van der Waals surface area contributed by atoms with Crippen LogP contribution in [0, 0.1) is 0 Å². The fraction of sp³-hybridized carbons (Fsp3) is 0.455. The number of carbonyl (C=O) groups is 2. The Hall–Kier alpha value is -1.60. The first-order valence-electron chi connectivity index (χ1n) is 5.78. The molecule has 1 fully saturated rings. The van der Waals surface area contributed by atoms with Crippen molar-refractivity contribution in [1.29, 1.82) is 0 Å². The summed E-state index contributed by atoms with van der Waals surface area (Å²) < 4.78 is 0. The summed E-state index contributed by atoms with van der Waals surface area (Å²) in [5.41, 5.74) is 11.9. The molecule has 2 rings (SSSR count). The van der Waals surface area contributed by atoms with Crippen molar-refractivity contribution in [2.24, 2.45) is 11.5 Å². The van der Waals surface area contributed by atoms with Crippen LogP contribution >= 0.6 is 11.3 Å². The van der Waals surface area contributed by atoms with Crippen LogP contribution in [0.5, 0.6) is 0 Å². The lowest BCUT2D eigenvalue weighted by Gasteiger charge is -2.23. The molecule has 98 valence electrons. The van der Waals surface area contributed by atoms with Crippen molar-refractivity contribution in [3.8, 4) is 0 Å². The number of amides is 3. The van der Waals surface area contributed by atoms with Gasteiger partial charge in [0.25, 0.3) is 5.91 Å². The van der Waals surface area contributed by atoms with Crippen molar-refractivity contribution in [3.05, 3.63) is 15.8 Å². The van der Waals surface area contributed by atoms with Gasteiger partial charge in [0.2, 0.25) is 0 Å². The van der Waals surface area contributed by atoms with Crippen LogP contribution < -0.4 is 22.1 Å². The molecule has 1 saturated heterocycles. The number of carbonyl (C=O) groups excluding carboxylic acids is 2. The van der Waals surface area contributed by atoms with Gasteiger partial charge in [-0.15, -0.1) is 11.3 Å². The van der Waals surface area contributed by atoms with Gasteiger partial charge in [-0.2, -0.15) is 0 Å². The quantitative estimate of drug-likeness (QED) is 0.650. The SMILES string of the molecule is NC(=O)Nc1c(C2CCCNC2)csc1C(N)=O. The van der Waals surface area contributed by atoms with Crippen molar-refractivity contribution in [2.45, 2.75) is 18.8 Å². The molecule has 0 saturated carbocycles. The molecule has 1 atom stereocenters. The fourth-order valence-electron chi connectivity index (χ4n) is 2.22. The highest BCUT2D eigenvalue weighted by atomic mass is 32.1. The number of nitrogens with one attached hydrogen (secondary N) is 2. The summed E-state index contributed by atoms with van der Waals surface area (Å²) in [6.45, 7) is 1.84.